The van der Waals surface area contributed by atoms with Crippen LogP contribution >= 0.6 is 0 Å². The first-order chi connectivity index (χ1) is 13.8. The summed E-state index contributed by atoms with van der Waals surface area (Å²) in [6.07, 6.45) is 3.46. The van der Waals surface area contributed by atoms with E-state index in [9.17, 15) is 0 Å². The highest BCUT2D eigenvalue weighted by molar-refractivity contribution is 5.80. The van der Waals surface area contributed by atoms with Gasteiger partial charge >= 0.3 is 0 Å². The van der Waals surface area contributed by atoms with Gasteiger partial charge in [-0.3, -0.25) is 0 Å². The number of nitrogens with one attached hydrogen (secondary N) is 2. The molecule has 0 aliphatic rings. The van der Waals surface area contributed by atoms with Crippen molar-refractivity contribution in [3.63, 3.8) is 0 Å². The van der Waals surface area contributed by atoms with Gasteiger partial charge in [0, 0.05) is 17.4 Å². The lowest BCUT2D eigenvalue weighted by molar-refractivity contribution is 1.17. The molecule has 0 bridgehead atoms. The van der Waals surface area contributed by atoms with E-state index in [0.29, 0.717) is 5.95 Å². The highest BCUT2D eigenvalue weighted by atomic mass is 15.1. The normalized spacial score (nSPS) is 10.9. The number of aromatic nitrogens is 4. The van der Waals surface area contributed by atoms with E-state index in [1.807, 2.05) is 54.6 Å². The Morgan fingerprint density at radius 2 is 1.61 bits per heavy atom. The van der Waals surface area contributed by atoms with Crippen molar-refractivity contribution in [1.29, 1.82) is 0 Å². The Balaban J connectivity index is 1.44. The lowest BCUT2D eigenvalue weighted by atomic mass is 10.1. The smallest absolute Gasteiger partial charge is 0.227 e. The first-order valence-corrected chi connectivity index (χ1v) is 9.04. The van der Waals surface area contributed by atoms with Gasteiger partial charge in [0.2, 0.25) is 5.95 Å². The second-order valence-corrected chi connectivity index (χ2v) is 6.47. The number of aromatic amines is 1. The molecule has 0 saturated heterocycles. The minimum absolute atomic E-state index is 0.562. The van der Waals surface area contributed by atoms with Crippen LogP contribution in [0.25, 0.3) is 33.4 Å². The summed E-state index contributed by atoms with van der Waals surface area (Å²) in [5.74, 6) is 0.562. The van der Waals surface area contributed by atoms with Gasteiger partial charge in [0.15, 0.2) is 0 Å². The van der Waals surface area contributed by atoms with Gasteiger partial charge in [-0.2, -0.15) is 0 Å². The fourth-order valence-electron chi connectivity index (χ4n) is 3.21. The van der Waals surface area contributed by atoms with Crippen molar-refractivity contribution in [3.05, 3.63) is 91.4 Å². The van der Waals surface area contributed by atoms with Crippen molar-refractivity contribution in [3.8, 4) is 22.4 Å². The summed E-state index contributed by atoms with van der Waals surface area (Å²) in [4.78, 5) is 16.4. The van der Waals surface area contributed by atoms with Crippen molar-refractivity contribution in [2.24, 2.45) is 0 Å². The summed E-state index contributed by atoms with van der Waals surface area (Å²) in [6.45, 7) is 0. The number of imidazole rings is 1. The Morgan fingerprint density at radius 1 is 0.714 bits per heavy atom. The SMILES string of the molecule is c1ccc(-c2cccc(Nc3nccc(-c4ccc5nc[nH]c5c4)n3)c2)cc1. The van der Waals surface area contributed by atoms with E-state index in [-0.39, 0.29) is 0 Å². The largest absolute Gasteiger partial charge is 0.345 e. The molecule has 5 nitrogen and oxygen atoms in total. The van der Waals surface area contributed by atoms with Crippen LogP contribution in [0.5, 0.6) is 0 Å². The average molecular weight is 363 g/mol. The van der Waals surface area contributed by atoms with E-state index in [1.165, 1.54) is 5.56 Å². The maximum absolute atomic E-state index is 4.68. The highest BCUT2D eigenvalue weighted by Gasteiger charge is 2.06. The Labute approximate surface area is 162 Å². The number of hydrogen-bond donors (Lipinski definition) is 2. The van der Waals surface area contributed by atoms with E-state index in [0.717, 1.165) is 33.5 Å². The number of fused-ring (bicyclic) bond motifs is 1. The fraction of sp³-hybridized carbons (Fsp3) is 0. The number of hydrogen-bond acceptors (Lipinski definition) is 4. The number of H-pyrrole nitrogens is 1. The lowest BCUT2D eigenvalue weighted by Gasteiger charge is -2.09. The fourth-order valence-corrected chi connectivity index (χ4v) is 3.21. The predicted octanol–water partition coefficient (Wildman–Crippen LogP) is 5.43. The molecule has 2 N–H and O–H groups in total. The Hall–Kier alpha value is -3.99. The number of anilines is 2. The van der Waals surface area contributed by atoms with E-state index in [4.69, 9.17) is 0 Å². The number of nitrogens with zero attached hydrogens (tertiary/aromatic N) is 3. The molecule has 0 amide bonds. The zero-order valence-electron chi connectivity index (χ0n) is 15.0. The van der Waals surface area contributed by atoms with Crippen LogP contribution in [0.1, 0.15) is 0 Å². The van der Waals surface area contributed by atoms with Gasteiger partial charge < -0.3 is 10.3 Å². The third-order valence-corrected chi connectivity index (χ3v) is 4.60. The van der Waals surface area contributed by atoms with E-state index < -0.39 is 0 Å². The second-order valence-electron chi connectivity index (χ2n) is 6.47. The molecule has 5 aromatic rings. The van der Waals surface area contributed by atoms with Gasteiger partial charge in [-0.1, -0.05) is 48.5 Å². The molecule has 5 rings (SSSR count). The van der Waals surface area contributed by atoms with Gasteiger partial charge in [-0.25, -0.2) is 15.0 Å². The van der Waals surface area contributed by atoms with Gasteiger partial charge in [-0.05, 0) is 41.5 Å². The third kappa shape index (κ3) is 3.21. The molecule has 0 aliphatic heterocycles. The van der Waals surface area contributed by atoms with Crippen LogP contribution in [0.3, 0.4) is 0 Å². The van der Waals surface area contributed by atoms with E-state index >= 15 is 0 Å². The van der Waals surface area contributed by atoms with Crippen LogP contribution in [0.4, 0.5) is 11.6 Å². The van der Waals surface area contributed by atoms with Crippen LogP contribution in [0, 0.1) is 0 Å². The van der Waals surface area contributed by atoms with Crippen LogP contribution in [-0.4, -0.2) is 19.9 Å². The van der Waals surface area contributed by atoms with Crippen molar-refractivity contribution < 1.29 is 0 Å². The Bertz CT molecular complexity index is 1240. The zero-order chi connectivity index (χ0) is 18.8. The third-order valence-electron chi connectivity index (χ3n) is 4.60. The maximum atomic E-state index is 4.68. The first kappa shape index (κ1) is 16.2. The van der Waals surface area contributed by atoms with Gasteiger partial charge in [0.25, 0.3) is 0 Å². The van der Waals surface area contributed by atoms with Crippen molar-refractivity contribution in [2.45, 2.75) is 0 Å². The molecule has 0 spiro atoms. The lowest BCUT2D eigenvalue weighted by Crippen LogP contribution is -1.98. The molecular formula is C23H17N5. The summed E-state index contributed by atoms with van der Waals surface area (Å²) in [5.41, 5.74) is 7.06. The van der Waals surface area contributed by atoms with Gasteiger partial charge in [0.05, 0.1) is 23.1 Å². The number of benzene rings is 3. The molecule has 0 aliphatic carbocycles. The minimum Gasteiger partial charge on any atom is -0.345 e. The van der Waals surface area contributed by atoms with Crippen LogP contribution in [-0.2, 0) is 0 Å². The second kappa shape index (κ2) is 6.96. The summed E-state index contributed by atoms with van der Waals surface area (Å²) >= 11 is 0. The highest BCUT2D eigenvalue weighted by Crippen LogP contribution is 2.25. The predicted molar refractivity (Wildman–Crippen MR) is 112 cm³/mol. The van der Waals surface area contributed by atoms with Crippen molar-refractivity contribution in [2.75, 3.05) is 5.32 Å². The molecule has 5 heteroatoms. The summed E-state index contributed by atoms with van der Waals surface area (Å²) in [6, 6.07) is 26.5. The standard InChI is InChI=1S/C23H17N5/c1-2-5-16(6-3-1)17-7-4-8-19(13-17)27-23-24-12-11-20(28-23)18-9-10-21-22(14-18)26-15-25-21/h1-15H,(H,25,26)(H,24,27,28). The maximum Gasteiger partial charge on any atom is 0.227 e. The summed E-state index contributed by atoms with van der Waals surface area (Å²) in [5, 5.41) is 3.31. The molecule has 2 heterocycles. The Kier molecular flexibility index (Phi) is 4.03. The van der Waals surface area contributed by atoms with E-state index in [1.54, 1.807) is 12.5 Å². The molecule has 0 unspecified atom stereocenters. The Morgan fingerprint density at radius 3 is 2.54 bits per heavy atom. The molecular weight excluding hydrogens is 346 g/mol. The molecule has 0 radical (unpaired) electrons. The molecule has 0 saturated carbocycles. The van der Waals surface area contributed by atoms with Gasteiger partial charge in [-0.15, -0.1) is 0 Å². The first-order valence-electron chi connectivity index (χ1n) is 9.04. The molecule has 3 aromatic carbocycles. The molecule has 134 valence electrons. The molecule has 0 fully saturated rings. The van der Waals surface area contributed by atoms with Crippen molar-refractivity contribution >= 4 is 22.7 Å². The zero-order valence-corrected chi connectivity index (χ0v) is 15.0. The van der Waals surface area contributed by atoms with E-state index in [2.05, 4.69) is 49.5 Å². The monoisotopic (exact) mass is 363 g/mol. The summed E-state index contributed by atoms with van der Waals surface area (Å²) in [7, 11) is 0. The van der Waals surface area contributed by atoms with Crippen molar-refractivity contribution in [1.82, 2.24) is 19.9 Å². The molecule has 2 aromatic heterocycles. The minimum atomic E-state index is 0.562. The molecule has 0 atom stereocenters. The molecule has 28 heavy (non-hydrogen) atoms. The number of rotatable bonds is 4. The van der Waals surface area contributed by atoms with Gasteiger partial charge in [0.1, 0.15) is 0 Å². The average Bonchev–Trinajstić information content (AvgIpc) is 3.23. The quantitative estimate of drug-likeness (QED) is 0.447. The topological polar surface area (TPSA) is 66.5 Å². The van der Waals surface area contributed by atoms with Crippen LogP contribution in [0.15, 0.2) is 91.4 Å². The summed E-state index contributed by atoms with van der Waals surface area (Å²) < 4.78 is 0. The van der Waals surface area contributed by atoms with Crippen LogP contribution in [0.2, 0.25) is 0 Å². The van der Waals surface area contributed by atoms with Crippen LogP contribution < -0.4 is 5.32 Å².